The second kappa shape index (κ2) is 10.0. The summed E-state index contributed by atoms with van der Waals surface area (Å²) in [4.78, 5) is 12.5. The summed E-state index contributed by atoms with van der Waals surface area (Å²) in [5.41, 5.74) is 0.250. The number of rotatable bonds is 8. The van der Waals surface area contributed by atoms with Gasteiger partial charge in [-0.15, -0.1) is 0 Å². The molecule has 1 amide bonds. The van der Waals surface area contributed by atoms with Gasteiger partial charge in [0.1, 0.15) is 23.0 Å². The molecule has 180 valence electrons. The SMILES string of the molecule is COc1ccc(NC(=O)CN(c2ccc(F)cc2)S(C)(=O)=O)cc1S(=O)(=O)N1CCOCC1. The van der Waals surface area contributed by atoms with E-state index in [-0.39, 0.29) is 48.3 Å². The molecule has 0 aromatic heterocycles. The molecular weight excluding hydrogens is 477 g/mol. The van der Waals surface area contributed by atoms with Gasteiger partial charge in [0.2, 0.25) is 26.0 Å². The quantitative estimate of drug-likeness (QED) is 0.578. The van der Waals surface area contributed by atoms with Crippen molar-refractivity contribution < 1.29 is 35.5 Å². The van der Waals surface area contributed by atoms with Crippen LogP contribution in [0.3, 0.4) is 0 Å². The van der Waals surface area contributed by atoms with E-state index in [0.29, 0.717) is 0 Å². The van der Waals surface area contributed by atoms with E-state index in [2.05, 4.69) is 5.32 Å². The van der Waals surface area contributed by atoms with Crippen molar-refractivity contribution in [2.24, 2.45) is 0 Å². The minimum atomic E-state index is -3.92. The first-order valence-corrected chi connectivity index (χ1v) is 13.1. The predicted octanol–water partition coefficient (Wildman–Crippen LogP) is 1.26. The van der Waals surface area contributed by atoms with Gasteiger partial charge in [-0.3, -0.25) is 9.10 Å². The van der Waals surface area contributed by atoms with Crippen molar-refractivity contribution >= 4 is 37.3 Å². The highest BCUT2D eigenvalue weighted by atomic mass is 32.2. The normalized spacial score (nSPS) is 15.1. The zero-order chi connectivity index (χ0) is 24.2. The van der Waals surface area contributed by atoms with Crippen molar-refractivity contribution in [1.82, 2.24) is 4.31 Å². The summed E-state index contributed by atoms with van der Waals surface area (Å²) in [5, 5.41) is 2.51. The zero-order valence-electron chi connectivity index (χ0n) is 18.0. The molecule has 0 saturated carbocycles. The van der Waals surface area contributed by atoms with Crippen molar-refractivity contribution in [3.63, 3.8) is 0 Å². The number of benzene rings is 2. The van der Waals surface area contributed by atoms with Gasteiger partial charge < -0.3 is 14.8 Å². The number of halogens is 1. The molecule has 13 heteroatoms. The number of nitrogens with zero attached hydrogens (tertiary/aromatic N) is 2. The number of ether oxygens (including phenoxy) is 2. The smallest absolute Gasteiger partial charge is 0.246 e. The maximum absolute atomic E-state index is 13.2. The Morgan fingerprint density at radius 3 is 2.33 bits per heavy atom. The van der Waals surface area contributed by atoms with Crippen molar-refractivity contribution in [2.75, 3.05) is 55.8 Å². The van der Waals surface area contributed by atoms with E-state index in [0.717, 1.165) is 22.7 Å². The predicted molar refractivity (Wildman–Crippen MR) is 120 cm³/mol. The summed E-state index contributed by atoms with van der Waals surface area (Å²) >= 11 is 0. The Balaban J connectivity index is 1.84. The number of carbonyl (C=O) groups excluding carboxylic acids is 1. The number of amides is 1. The van der Waals surface area contributed by atoms with E-state index in [1.165, 1.54) is 41.7 Å². The number of hydrogen-bond donors (Lipinski definition) is 1. The fourth-order valence-corrected chi connectivity index (χ4v) is 5.67. The number of hydrogen-bond acceptors (Lipinski definition) is 7. The van der Waals surface area contributed by atoms with Crippen LogP contribution in [0.15, 0.2) is 47.4 Å². The molecule has 0 bridgehead atoms. The molecule has 0 spiro atoms. The molecule has 2 aromatic rings. The van der Waals surface area contributed by atoms with Crippen molar-refractivity contribution in [1.29, 1.82) is 0 Å². The Labute approximate surface area is 192 Å². The number of anilines is 2. The fraction of sp³-hybridized carbons (Fsp3) is 0.350. The zero-order valence-corrected chi connectivity index (χ0v) is 19.7. The largest absolute Gasteiger partial charge is 0.495 e. The van der Waals surface area contributed by atoms with Gasteiger partial charge in [-0.25, -0.2) is 21.2 Å². The van der Waals surface area contributed by atoms with Crippen LogP contribution in [0.4, 0.5) is 15.8 Å². The van der Waals surface area contributed by atoms with E-state index in [1.54, 1.807) is 0 Å². The first-order valence-electron chi connectivity index (χ1n) is 9.81. The summed E-state index contributed by atoms with van der Waals surface area (Å²) in [6.45, 7) is 0.305. The molecule has 10 nitrogen and oxygen atoms in total. The molecule has 2 aromatic carbocycles. The lowest BCUT2D eigenvalue weighted by atomic mass is 10.3. The average molecular weight is 502 g/mol. The maximum atomic E-state index is 13.2. The Morgan fingerprint density at radius 1 is 1.12 bits per heavy atom. The summed E-state index contributed by atoms with van der Waals surface area (Å²) in [6, 6.07) is 8.74. The second-order valence-electron chi connectivity index (χ2n) is 7.18. The van der Waals surface area contributed by atoms with Crippen LogP contribution in [0.2, 0.25) is 0 Å². The Bertz CT molecular complexity index is 1210. The Morgan fingerprint density at radius 2 is 1.76 bits per heavy atom. The molecule has 1 N–H and O–H groups in total. The molecule has 1 aliphatic rings. The van der Waals surface area contributed by atoms with Gasteiger partial charge in [-0.05, 0) is 42.5 Å². The summed E-state index contributed by atoms with van der Waals surface area (Å²) in [5.74, 6) is -1.17. The molecule has 0 atom stereocenters. The second-order valence-corrected chi connectivity index (χ2v) is 11.0. The van der Waals surface area contributed by atoms with E-state index in [9.17, 15) is 26.0 Å². The number of sulfonamides is 2. The van der Waals surface area contributed by atoms with Gasteiger partial charge in [0.25, 0.3) is 0 Å². The lowest BCUT2D eigenvalue weighted by molar-refractivity contribution is -0.114. The minimum Gasteiger partial charge on any atom is -0.495 e. The average Bonchev–Trinajstić information content (AvgIpc) is 2.78. The number of methoxy groups -OCH3 is 1. The maximum Gasteiger partial charge on any atom is 0.246 e. The van der Waals surface area contributed by atoms with Crippen molar-refractivity contribution in [3.05, 3.63) is 48.3 Å². The molecule has 1 fully saturated rings. The van der Waals surface area contributed by atoms with Crippen LogP contribution in [0, 0.1) is 5.82 Å². The third-order valence-corrected chi connectivity index (χ3v) is 7.90. The highest BCUT2D eigenvalue weighted by Crippen LogP contribution is 2.30. The van der Waals surface area contributed by atoms with Gasteiger partial charge in [0.05, 0.1) is 32.3 Å². The highest BCUT2D eigenvalue weighted by Gasteiger charge is 2.30. The van der Waals surface area contributed by atoms with Gasteiger partial charge in [0.15, 0.2) is 0 Å². The van der Waals surface area contributed by atoms with Crippen LogP contribution in [-0.4, -0.2) is 73.3 Å². The molecule has 1 saturated heterocycles. The van der Waals surface area contributed by atoms with Crippen LogP contribution >= 0.6 is 0 Å². The number of nitrogens with one attached hydrogen (secondary N) is 1. The molecule has 1 aliphatic heterocycles. The summed E-state index contributed by atoms with van der Waals surface area (Å²) in [7, 11) is -6.45. The third-order valence-electron chi connectivity index (χ3n) is 4.84. The number of carbonyl (C=O) groups is 1. The molecule has 0 aliphatic carbocycles. The highest BCUT2D eigenvalue weighted by molar-refractivity contribution is 7.92. The van der Waals surface area contributed by atoms with E-state index in [1.807, 2.05) is 0 Å². The summed E-state index contributed by atoms with van der Waals surface area (Å²) < 4.78 is 76.2. The van der Waals surface area contributed by atoms with E-state index < -0.39 is 38.3 Å². The first-order chi connectivity index (χ1) is 15.5. The lowest BCUT2D eigenvalue weighted by Crippen LogP contribution is -2.40. The molecule has 33 heavy (non-hydrogen) atoms. The van der Waals surface area contributed by atoms with Gasteiger partial charge in [0, 0.05) is 18.8 Å². The standard InChI is InChI=1S/C20H24FN3O7S2/c1-30-18-8-5-16(13-19(18)33(28,29)23-9-11-31-12-10-23)22-20(25)14-24(32(2,26)27)17-6-3-15(21)4-7-17/h3-8,13H,9-12,14H2,1-2H3,(H,22,25). The van der Waals surface area contributed by atoms with Gasteiger partial charge in [-0.1, -0.05) is 0 Å². The van der Waals surface area contributed by atoms with Crippen LogP contribution in [0.25, 0.3) is 0 Å². The van der Waals surface area contributed by atoms with E-state index in [4.69, 9.17) is 9.47 Å². The lowest BCUT2D eigenvalue weighted by Gasteiger charge is -2.27. The van der Waals surface area contributed by atoms with Crippen LogP contribution in [0.5, 0.6) is 5.75 Å². The Kier molecular flexibility index (Phi) is 7.57. The Hall–Kier alpha value is -2.74. The molecule has 0 radical (unpaired) electrons. The third kappa shape index (κ3) is 5.99. The summed E-state index contributed by atoms with van der Waals surface area (Å²) in [6.07, 6.45) is 0.921. The van der Waals surface area contributed by atoms with Crippen LogP contribution in [-0.2, 0) is 29.6 Å². The minimum absolute atomic E-state index is 0.101. The van der Waals surface area contributed by atoms with E-state index >= 15 is 0 Å². The van der Waals surface area contributed by atoms with Gasteiger partial charge in [-0.2, -0.15) is 4.31 Å². The van der Waals surface area contributed by atoms with Crippen LogP contribution < -0.4 is 14.4 Å². The molecule has 0 unspecified atom stereocenters. The monoisotopic (exact) mass is 501 g/mol. The molecule has 3 rings (SSSR count). The van der Waals surface area contributed by atoms with Gasteiger partial charge >= 0.3 is 0 Å². The van der Waals surface area contributed by atoms with Crippen LogP contribution in [0.1, 0.15) is 0 Å². The topological polar surface area (TPSA) is 122 Å². The molecular formula is C20H24FN3O7S2. The van der Waals surface area contributed by atoms with Crippen molar-refractivity contribution in [2.45, 2.75) is 4.90 Å². The van der Waals surface area contributed by atoms with Crippen molar-refractivity contribution in [3.8, 4) is 5.75 Å². The first kappa shape index (κ1) is 24.9. The number of morpholine rings is 1. The molecule has 1 heterocycles. The fourth-order valence-electron chi connectivity index (χ4n) is 3.22.